The number of carbonyl (C=O) groups excluding carboxylic acids is 1. The van der Waals surface area contributed by atoms with E-state index in [1.807, 2.05) is 0 Å². The summed E-state index contributed by atoms with van der Waals surface area (Å²) in [6.07, 6.45) is 4.03. The lowest BCUT2D eigenvalue weighted by Gasteiger charge is -2.26. The molecule has 1 rings (SSSR count). The molecule has 0 fully saturated rings. The van der Waals surface area contributed by atoms with E-state index in [9.17, 15) is 9.90 Å². The van der Waals surface area contributed by atoms with E-state index in [0.717, 1.165) is 5.57 Å². The summed E-state index contributed by atoms with van der Waals surface area (Å²) in [5.41, 5.74) is 2.03. The number of ether oxygens (including phenoxy) is 1. The van der Waals surface area contributed by atoms with E-state index in [1.165, 1.54) is 0 Å². The van der Waals surface area contributed by atoms with Gasteiger partial charge in [0.1, 0.15) is 6.10 Å². The van der Waals surface area contributed by atoms with E-state index in [0.29, 0.717) is 24.1 Å². The average molecular weight is 251 g/mol. The second-order valence-electron chi connectivity index (χ2n) is 4.38. The van der Waals surface area contributed by atoms with Gasteiger partial charge in [0.15, 0.2) is 0 Å². The third-order valence-corrected chi connectivity index (χ3v) is 2.63. The molecule has 0 saturated heterocycles. The minimum absolute atomic E-state index is 0.320. The molecule has 0 unspecified atom stereocenters. The molecule has 5 heteroatoms. The summed E-state index contributed by atoms with van der Waals surface area (Å²) in [7, 11) is 0. The molecule has 0 amide bonds. The lowest BCUT2D eigenvalue weighted by atomic mass is 9.89. The lowest BCUT2D eigenvalue weighted by molar-refractivity contribution is 0.00597. The summed E-state index contributed by atoms with van der Waals surface area (Å²) in [5, 5.41) is 13.3. The van der Waals surface area contributed by atoms with Gasteiger partial charge in [-0.05, 0) is 26.3 Å². The number of aliphatic hydroxyl groups is 1. The monoisotopic (exact) mass is 251 g/mol. The van der Waals surface area contributed by atoms with Crippen LogP contribution in [0.4, 0.5) is 4.79 Å². The fraction of sp³-hybridized carbons (Fsp3) is 0.538. The Bertz CT molecular complexity index is 427. The molecule has 0 saturated carbocycles. The number of rotatable bonds is 2. The van der Waals surface area contributed by atoms with E-state index in [2.05, 4.69) is 15.9 Å². The van der Waals surface area contributed by atoms with Crippen LogP contribution in [0.1, 0.15) is 33.6 Å². The van der Waals surface area contributed by atoms with Crippen LogP contribution in [0.3, 0.4) is 0 Å². The molecular weight excluding hydrogens is 234 g/mol. The average Bonchev–Trinajstić information content (AvgIpc) is 2.31. The zero-order chi connectivity index (χ0) is 13.7. The van der Waals surface area contributed by atoms with Crippen LogP contribution in [0.5, 0.6) is 0 Å². The molecule has 0 aromatic heterocycles. The van der Waals surface area contributed by atoms with Crippen molar-refractivity contribution in [3.63, 3.8) is 0 Å². The smallest absolute Gasteiger partial charge is 0.429 e. The highest BCUT2D eigenvalue weighted by molar-refractivity contribution is 5.79. The third kappa shape index (κ3) is 3.90. The van der Waals surface area contributed by atoms with Crippen LogP contribution in [0, 0.1) is 12.3 Å². The predicted molar refractivity (Wildman–Crippen MR) is 66.9 cm³/mol. The topological polar surface area (TPSA) is 68.1 Å². The summed E-state index contributed by atoms with van der Waals surface area (Å²) in [5.74, 6) is 2.50. The Morgan fingerprint density at radius 3 is 2.78 bits per heavy atom. The highest BCUT2D eigenvalue weighted by Crippen LogP contribution is 2.27. The number of terminal acetylenes is 1. The van der Waals surface area contributed by atoms with Crippen molar-refractivity contribution in [2.24, 2.45) is 5.16 Å². The van der Waals surface area contributed by atoms with Crippen molar-refractivity contribution < 1.29 is 19.5 Å². The van der Waals surface area contributed by atoms with Gasteiger partial charge in [-0.3, -0.25) is 4.84 Å². The maximum absolute atomic E-state index is 11.3. The Balaban J connectivity index is 2.59. The van der Waals surface area contributed by atoms with Gasteiger partial charge in [-0.2, -0.15) is 0 Å². The van der Waals surface area contributed by atoms with Gasteiger partial charge < -0.3 is 9.84 Å². The first-order valence-electron chi connectivity index (χ1n) is 5.67. The van der Waals surface area contributed by atoms with Crippen LogP contribution in [0.2, 0.25) is 0 Å². The summed E-state index contributed by atoms with van der Waals surface area (Å²) in [4.78, 5) is 15.8. The summed E-state index contributed by atoms with van der Waals surface area (Å²) in [6.45, 7) is 5.17. The molecule has 98 valence electrons. The third-order valence-electron chi connectivity index (χ3n) is 2.63. The molecular formula is C13H17NO4. The van der Waals surface area contributed by atoms with E-state index < -0.39 is 18.4 Å². The number of nitrogens with zero attached hydrogens (tertiary/aromatic N) is 1. The van der Waals surface area contributed by atoms with Crippen molar-refractivity contribution >= 4 is 11.9 Å². The Hall–Kier alpha value is -1.80. The maximum atomic E-state index is 11.3. The number of hydrogen-bond acceptors (Lipinski definition) is 5. The van der Waals surface area contributed by atoms with Gasteiger partial charge >= 0.3 is 6.16 Å². The Labute approximate surface area is 106 Å². The highest BCUT2D eigenvalue weighted by atomic mass is 16.8. The van der Waals surface area contributed by atoms with Gasteiger partial charge in [0.25, 0.3) is 0 Å². The number of hydrogen-bond donors (Lipinski definition) is 1. The van der Waals surface area contributed by atoms with Crippen molar-refractivity contribution in [1.82, 2.24) is 0 Å². The molecule has 2 atom stereocenters. The predicted octanol–water partition coefficient (Wildman–Crippen LogP) is 2.01. The van der Waals surface area contributed by atoms with Crippen LogP contribution >= 0.6 is 0 Å². The maximum Gasteiger partial charge on any atom is 0.535 e. The lowest BCUT2D eigenvalue weighted by Crippen LogP contribution is -2.29. The Morgan fingerprint density at radius 2 is 2.22 bits per heavy atom. The summed E-state index contributed by atoms with van der Waals surface area (Å²) < 4.78 is 5.03. The molecule has 0 bridgehead atoms. The van der Waals surface area contributed by atoms with E-state index in [4.69, 9.17) is 11.2 Å². The first-order valence-corrected chi connectivity index (χ1v) is 5.67. The molecule has 1 aliphatic rings. The van der Waals surface area contributed by atoms with Gasteiger partial charge in [0.2, 0.25) is 0 Å². The van der Waals surface area contributed by atoms with E-state index in [1.54, 1.807) is 20.8 Å². The molecule has 0 aromatic rings. The first kappa shape index (κ1) is 14.3. The number of oxime groups is 1. The quantitative estimate of drug-likeness (QED) is 0.268. The van der Waals surface area contributed by atoms with E-state index >= 15 is 0 Å². The Kier molecular flexibility index (Phi) is 4.93. The first-order chi connectivity index (χ1) is 8.43. The largest absolute Gasteiger partial charge is 0.535 e. The van der Waals surface area contributed by atoms with Crippen LogP contribution in [0.25, 0.3) is 0 Å². The Morgan fingerprint density at radius 1 is 1.56 bits per heavy atom. The number of aliphatic hydroxyl groups excluding tert-OH is 1. The zero-order valence-electron chi connectivity index (χ0n) is 10.8. The highest BCUT2D eigenvalue weighted by Gasteiger charge is 2.28. The molecule has 0 aliphatic heterocycles. The summed E-state index contributed by atoms with van der Waals surface area (Å²) >= 11 is 0. The van der Waals surface area contributed by atoms with Gasteiger partial charge in [-0.15, -0.1) is 6.42 Å². The normalized spacial score (nSPS) is 23.1. The SMILES string of the molecule is C#CC1=C(C)[C@@H](O)C[C@@H](OC(=O)ON=C(C)C)C1. The molecule has 0 aromatic carbocycles. The van der Waals surface area contributed by atoms with Gasteiger partial charge in [-0.1, -0.05) is 11.1 Å². The molecule has 0 heterocycles. The number of carbonyl (C=O) groups is 1. The molecule has 1 N–H and O–H groups in total. The molecule has 0 radical (unpaired) electrons. The van der Waals surface area contributed by atoms with Gasteiger partial charge in [0.05, 0.1) is 11.8 Å². The van der Waals surface area contributed by atoms with Crippen molar-refractivity contribution in [3.05, 3.63) is 11.1 Å². The van der Waals surface area contributed by atoms with Gasteiger partial charge in [0, 0.05) is 18.4 Å². The molecule has 18 heavy (non-hydrogen) atoms. The van der Waals surface area contributed by atoms with Crippen LogP contribution < -0.4 is 0 Å². The minimum Gasteiger partial charge on any atom is -0.429 e. The summed E-state index contributed by atoms with van der Waals surface area (Å²) in [6, 6.07) is 0. The van der Waals surface area contributed by atoms with Crippen LogP contribution in [0.15, 0.2) is 16.3 Å². The minimum atomic E-state index is -0.885. The van der Waals surface area contributed by atoms with Crippen molar-refractivity contribution in [1.29, 1.82) is 0 Å². The fourth-order valence-corrected chi connectivity index (χ4v) is 1.65. The molecule has 0 spiro atoms. The van der Waals surface area contributed by atoms with E-state index in [-0.39, 0.29) is 0 Å². The molecule has 5 nitrogen and oxygen atoms in total. The second kappa shape index (κ2) is 6.22. The molecule has 1 aliphatic carbocycles. The fourth-order valence-electron chi connectivity index (χ4n) is 1.65. The second-order valence-corrected chi connectivity index (χ2v) is 4.38. The zero-order valence-corrected chi connectivity index (χ0v) is 10.8. The van der Waals surface area contributed by atoms with Crippen molar-refractivity contribution in [2.75, 3.05) is 0 Å². The van der Waals surface area contributed by atoms with Crippen molar-refractivity contribution in [2.45, 2.75) is 45.8 Å². The van der Waals surface area contributed by atoms with Crippen LogP contribution in [-0.4, -0.2) is 29.2 Å². The standard InChI is InChI=1S/C13H17NO4/c1-5-10-6-11(7-12(15)9(10)4)17-13(16)18-14-8(2)3/h1,11-12,15H,6-7H2,2-4H3/t11-,12-/m0/s1. The van der Waals surface area contributed by atoms with Gasteiger partial charge in [-0.25, -0.2) is 4.79 Å². The van der Waals surface area contributed by atoms with Crippen molar-refractivity contribution in [3.8, 4) is 12.3 Å². The van der Waals surface area contributed by atoms with Crippen LogP contribution in [-0.2, 0) is 9.57 Å².